The first-order valence-corrected chi connectivity index (χ1v) is 8.32. The molecule has 1 aliphatic rings. The fraction of sp³-hybridized carbons (Fsp3) is 0.263. The average molecular weight is 354 g/mol. The number of ether oxygens (including phenoxy) is 1. The number of nitro groups is 1. The Morgan fingerprint density at radius 1 is 1.04 bits per heavy atom. The molecule has 7 heteroatoms. The zero-order valence-electron chi connectivity index (χ0n) is 14.3. The Kier molecular flexibility index (Phi) is 4.97. The van der Waals surface area contributed by atoms with E-state index in [1.165, 1.54) is 31.2 Å². The molecule has 2 aromatic rings. The first-order valence-electron chi connectivity index (χ1n) is 8.32. The molecule has 0 atom stereocenters. The largest absolute Gasteiger partial charge is 0.423 e. The van der Waals surface area contributed by atoms with Crippen LogP contribution in [0.5, 0.6) is 5.75 Å². The van der Waals surface area contributed by atoms with Crippen molar-refractivity contribution < 1.29 is 19.2 Å². The highest BCUT2D eigenvalue weighted by molar-refractivity contribution is 5.95. The molecular weight excluding hydrogens is 336 g/mol. The predicted octanol–water partition coefficient (Wildman–Crippen LogP) is 3.62. The van der Waals surface area contributed by atoms with E-state index in [1.807, 2.05) is 4.90 Å². The summed E-state index contributed by atoms with van der Waals surface area (Å²) in [6.07, 6.45) is 1.99. The lowest BCUT2D eigenvalue weighted by Gasteiger charge is -2.17. The molecule has 7 nitrogen and oxygen atoms in total. The van der Waals surface area contributed by atoms with E-state index in [0.717, 1.165) is 25.9 Å². The van der Waals surface area contributed by atoms with Gasteiger partial charge in [-0.1, -0.05) is 0 Å². The first kappa shape index (κ1) is 17.6. The van der Waals surface area contributed by atoms with Crippen LogP contribution in [0.15, 0.2) is 42.5 Å². The maximum absolute atomic E-state index is 12.3. The first-order chi connectivity index (χ1) is 12.5. The van der Waals surface area contributed by atoms with Crippen molar-refractivity contribution in [1.29, 1.82) is 0 Å². The Hall–Kier alpha value is -3.22. The van der Waals surface area contributed by atoms with E-state index in [4.69, 9.17) is 4.74 Å². The molecule has 0 radical (unpaired) electrons. The third-order valence-corrected chi connectivity index (χ3v) is 4.33. The summed E-state index contributed by atoms with van der Waals surface area (Å²) in [4.78, 5) is 36.5. The molecule has 0 aliphatic carbocycles. The van der Waals surface area contributed by atoms with Crippen molar-refractivity contribution >= 4 is 23.1 Å². The summed E-state index contributed by atoms with van der Waals surface area (Å²) in [5.74, 6) is -0.501. The van der Waals surface area contributed by atoms with E-state index >= 15 is 0 Å². The van der Waals surface area contributed by atoms with Gasteiger partial charge < -0.3 is 9.64 Å². The van der Waals surface area contributed by atoms with Gasteiger partial charge in [0.05, 0.1) is 10.5 Å². The molecule has 0 N–H and O–H groups in total. The molecule has 0 aromatic heterocycles. The topological polar surface area (TPSA) is 89.8 Å². The van der Waals surface area contributed by atoms with Gasteiger partial charge in [0.2, 0.25) is 0 Å². The molecule has 1 heterocycles. The molecule has 0 amide bonds. The minimum absolute atomic E-state index is 0.0870. The van der Waals surface area contributed by atoms with Gasteiger partial charge >= 0.3 is 5.97 Å². The lowest BCUT2D eigenvalue weighted by Crippen LogP contribution is -2.19. The molecule has 0 saturated carbocycles. The summed E-state index contributed by atoms with van der Waals surface area (Å²) in [5, 5.41) is 11.4. The van der Waals surface area contributed by atoms with Crippen molar-refractivity contribution in [3.63, 3.8) is 0 Å². The van der Waals surface area contributed by atoms with Crippen LogP contribution in [0.2, 0.25) is 0 Å². The summed E-state index contributed by atoms with van der Waals surface area (Å²) in [6.45, 7) is 2.99. The number of ketones is 1. The minimum atomic E-state index is -0.684. The van der Waals surface area contributed by atoms with Gasteiger partial charge in [0.25, 0.3) is 5.69 Å². The zero-order chi connectivity index (χ0) is 18.7. The van der Waals surface area contributed by atoms with E-state index in [2.05, 4.69) is 0 Å². The Balaban J connectivity index is 1.81. The number of nitrogens with zero attached hydrogens (tertiary/aromatic N) is 2. The lowest BCUT2D eigenvalue weighted by molar-refractivity contribution is -0.384. The van der Waals surface area contributed by atoms with Gasteiger partial charge in [0, 0.05) is 24.7 Å². The Morgan fingerprint density at radius 3 is 2.23 bits per heavy atom. The molecular formula is C19H18N2O5. The number of hydrogen-bond donors (Lipinski definition) is 0. The maximum Gasteiger partial charge on any atom is 0.343 e. The predicted molar refractivity (Wildman–Crippen MR) is 95.9 cm³/mol. The van der Waals surface area contributed by atoms with Crippen molar-refractivity contribution in [2.45, 2.75) is 19.8 Å². The van der Waals surface area contributed by atoms with Gasteiger partial charge in [-0.15, -0.1) is 0 Å². The highest BCUT2D eigenvalue weighted by Gasteiger charge is 2.24. The van der Waals surface area contributed by atoms with Crippen LogP contribution in [0.4, 0.5) is 11.4 Å². The second kappa shape index (κ2) is 7.35. The summed E-state index contributed by atoms with van der Waals surface area (Å²) in [6, 6.07) is 10.5. The van der Waals surface area contributed by atoms with Crippen molar-refractivity contribution in [1.82, 2.24) is 0 Å². The monoisotopic (exact) mass is 354 g/mol. The Labute approximate surface area is 150 Å². The van der Waals surface area contributed by atoms with E-state index in [9.17, 15) is 19.7 Å². The zero-order valence-corrected chi connectivity index (χ0v) is 14.3. The number of carbonyl (C=O) groups is 2. The van der Waals surface area contributed by atoms with E-state index in [1.54, 1.807) is 18.2 Å². The number of hydrogen-bond acceptors (Lipinski definition) is 6. The van der Waals surface area contributed by atoms with Gasteiger partial charge in [-0.2, -0.15) is 0 Å². The third-order valence-electron chi connectivity index (χ3n) is 4.33. The quantitative estimate of drug-likeness (QED) is 0.268. The smallest absolute Gasteiger partial charge is 0.343 e. The van der Waals surface area contributed by atoms with Crippen LogP contribution < -0.4 is 9.64 Å². The van der Waals surface area contributed by atoms with Crippen molar-refractivity contribution in [3.8, 4) is 5.75 Å². The van der Waals surface area contributed by atoms with Gasteiger partial charge in [0.15, 0.2) is 5.78 Å². The number of anilines is 1. The van der Waals surface area contributed by atoms with E-state index in [-0.39, 0.29) is 22.8 Å². The van der Waals surface area contributed by atoms with Crippen LogP contribution in [0.25, 0.3) is 0 Å². The lowest BCUT2D eigenvalue weighted by atomic mass is 10.1. The Bertz CT molecular complexity index is 855. The number of benzene rings is 2. The number of rotatable bonds is 5. The minimum Gasteiger partial charge on any atom is -0.423 e. The molecule has 0 unspecified atom stereocenters. The highest BCUT2D eigenvalue weighted by atomic mass is 16.6. The summed E-state index contributed by atoms with van der Waals surface area (Å²) in [5.41, 5.74) is 1.04. The van der Waals surface area contributed by atoms with Gasteiger partial charge in [0.1, 0.15) is 11.4 Å². The number of esters is 1. The highest BCUT2D eigenvalue weighted by Crippen LogP contribution is 2.32. The SMILES string of the molecule is CC(=O)c1ccc(OC(=O)c2ccc(N3CCCC3)c([N+](=O)[O-])c2)cc1. The number of Topliss-reactive ketones (excluding diaryl/α,β-unsaturated/α-hetero) is 1. The summed E-state index contributed by atoms with van der Waals surface area (Å²) in [7, 11) is 0. The van der Waals surface area contributed by atoms with Crippen LogP contribution in [0.3, 0.4) is 0 Å². The van der Waals surface area contributed by atoms with Gasteiger partial charge in [-0.25, -0.2) is 4.79 Å². The Morgan fingerprint density at radius 2 is 1.65 bits per heavy atom. The number of carbonyl (C=O) groups excluding carboxylic acids is 2. The maximum atomic E-state index is 12.3. The van der Waals surface area contributed by atoms with Crippen molar-refractivity contribution in [3.05, 3.63) is 63.7 Å². The number of nitro benzene ring substituents is 1. The standard InChI is InChI=1S/C19H18N2O5/c1-13(22)14-4-7-16(8-5-14)26-19(23)15-6-9-17(18(12-15)21(24)25)20-10-2-3-11-20/h4-9,12H,2-3,10-11H2,1H3. The molecule has 0 spiro atoms. The van der Waals surface area contributed by atoms with Crippen LogP contribution in [-0.2, 0) is 0 Å². The van der Waals surface area contributed by atoms with E-state index in [0.29, 0.717) is 11.3 Å². The van der Waals surface area contributed by atoms with Crippen molar-refractivity contribution in [2.75, 3.05) is 18.0 Å². The van der Waals surface area contributed by atoms with Crippen LogP contribution in [0, 0.1) is 10.1 Å². The fourth-order valence-electron chi connectivity index (χ4n) is 2.95. The fourth-order valence-corrected chi connectivity index (χ4v) is 2.95. The molecule has 26 heavy (non-hydrogen) atoms. The third kappa shape index (κ3) is 3.72. The summed E-state index contributed by atoms with van der Waals surface area (Å²) < 4.78 is 5.25. The van der Waals surface area contributed by atoms with E-state index < -0.39 is 10.9 Å². The van der Waals surface area contributed by atoms with Gasteiger partial charge in [-0.3, -0.25) is 14.9 Å². The normalized spacial score (nSPS) is 13.5. The molecule has 134 valence electrons. The molecule has 1 aliphatic heterocycles. The molecule has 1 fully saturated rings. The van der Waals surface area contributed by atoms with Crippen LogP contribution in [-0.4, -0.2) is 29.8 Å². The second-order valence-electron chi connectivity index (χ2n) is 6.12. The van der Waals surface area contributed by atoms with Crippen LogP contribution >= 0.6 is 0 Å². The average Bonchev–Trinajstić information content (AvgIpc) is 3.16. The second-order valence-corrected chi connectivity index (χ2v) is 6.12. The summed E-state index contributed by atoms with van der Waals surface area (Å²) >= 11 is 0. The van der Waals surface area contributed by atoms with Crippen LogP contribution in [0.1, 0.15) is 40.5 Å². The molecule has 1 saturated heterocycles. The molecule has 3 rings (SSSR count). The van der Waals surface area contributed by atoms with Gasteiger partial charge in [-0.05, 0) is 56.2 Å². The molecule has 0 bridgehead atoms. The molecule has 2 aromatic carbocycles. The van der Waals surface area contributed by atoms with Crippen molar-refractivity contribution in [2.24, 2.45) is 0 Å².